The molecule has 164 valence electrons. The minimum atomic E-state index is -1.41. The van der Waals surface area contributed by atoms with E-state index in [2.05, 4.69) is 11.6 Å². The van der Waals surface area contributed by atoms with Gasteiger partial charge in [0.25, 0.3) is 5.91 Å². The second kappa shape index (κ2) is 7.19. The molecule has 1 aromatic heterocycles. The molecule has 4 heterocycles. The van der Waals surface area contributed by atoms with Crippen LogP contribution in [-0.2, 0) is 15.1 Å². The number of aromatic nitrogens is 1. The molecule has 2 fully saturated rings. The number of likely N-dealkylation sites (tertiary alicyclic amines) is 1. The second-order valence-corrected chi connectivity index (χ2v) is 10.1. The number of halogens is 1. The normalized spacial score (nSPS) is 29.6. The highest BCUT2D eigenvalue weighted by atomic mass is 32.2. The van der Waals surface area contributed by atoms with Gasteiger partial charge < -0.3 is 4.90 Å². The number of hydrogen-bond donors (Lipinski definition) is 0. The molecule has 2 spiro atoms. The Balaban J connectivity index is 1.85. The summed E-state index contributed by atoms with van der Waals surface area (Å²) in [6, 6.07) is 8.05. The Kier molecular flexibility index (Phi) is 4.77. The van der Waals surface area contributed by atoms with Gasteiger partial charge in [0.05, 0.1) is 0 Å². The summed E-state index contributed by atoms with van der Waals surface area (Å²) in [6.45, 7) is 4.42. The topological polar surface area (TPSA) is 56.8 Å². The second-order valence-electron chi connectivity index (χ2n) is 8.26. The van der Waals surface area contributed by atoms with E-state index in [-0.39, 0.29) is 24.3 Å². The lowest BCUT2D eigenvalue weighted by molar-refractivity contribution is -0.138. The molecule has 2 saturated heterocycles. The van der Waals surface area contributed by atoms with Crippen molar-refractivity contribution >= 4 is 45.8 Å². The quantitative estimate of drug-likeness (QED) is 0.510. The molecule has 6 nitrogen and oxygen atoms in total. The van der Waals surface area contributed by atoms with Crippen LogP contribution in [0.4, 0.5) is 10.1 Å². The largest absolute Gasteiger partial charge is 0.313 e. The lowest BCUT2D eigenvalue weighted by Crippen LogP contribution is -2.62. The van der Waals surface area contributed by atoms with Crippen molar-refractivity contribution in [1.29, 1.82) is 0 Å². The van der Waals surface area contributed by atoms with Crippen molar-refractivity contribution in [3.8, 4) is 0 Å². The average Bonchev–Trinajstić information content (AvgIpc) is 3.28. The van der Waals surface area contributed by atoms with E-state index in [9.17, 15) is 14.0 Å². The van der Waals surface area contributed by atoms with Crippen molar-refractivity contribution in [1.82, 2.24) is 14.8 Å². The first-order valence-corrected chi connectivity index (χ1v) is 11.4. The van der Waals surface area contributed by atoms with Crippen molar-refractivity contribution in [2.45, 2.75) is 16.2 Å². The maximum Gasteiger partial charge on any atom is 0.254 e. The van der Waals surface area contributed by atoms with Gasteiger partial charge in [-0.15, -0.1) is 6.58 Å². The summed E-state index contributed by atoms with van der Waals surface area (Å²) < 4.78 is 13.6. The number of likely N-dealkylation sites (N-methyl/N-ethyl adjacent to an activating group) is 2. The molecule has 0 aliphatic carbocycles. The highest BCUT2D eigenvalue weighted by Crippen LogP contribution is 2.66. The van der Waals surface area contributed by atoms with Crippen molar-refractivity contribution in [3.63, 3.8) is 0 Å². The standard InChI is InChI=1S/C23H21FN4O2S2/c1-4-11-28-20(30)23(32-21(28)31)17(14-7-9-25-10-8-14)13-26(2)22(23)16-12-15(24)5-6-18(16)27(3)19(22)29/h4-10,12,17H,1,11,13H2,2-3H3. The monoisotopic (exact) mass is 468 g/mol. The van der Waals surface area contributed by atoms with Crippen molar-refractivity contribution in [2.75, 3.05) is 32.1 Å². The molecule has 32 heavy (non-hydrogen) atoms. The SMILES string of the molecule is C=CCN1C(=O)C2(SC1=S)C(c1ccncc1)CN(C)C21C(=O)N(C)c2ccc(F)cc21. The Hall–Kier alpha value is -2.62. The third-order valence-corrected chi connectivity index (χ3v) is 8.77. The first kappa shape index (κ1) is 21.2. The van der Waals surface area contributed by atoms with E-state index in [0.29, 0.717) is 22.1 Å². The predicted molar refractivity (Wildman–Crippen MR) is 126 cm³/mol. The molecule has 0 N–H and O–H groups in total. The molecule has 1 aromatic carbocycles. The fourth-order valence-corrected chi connectivity index (χ4v) is 7.70. The molecule has 0 radical (unpaired) electrons. The van der Waals surface area contributed by atoms with Crippen molar-refractivity contribution < 1.29 is 14.0 Å². The maximum absolute atomic E-state index is 14.5. The van der Waals surface area contributed by atoms with Gasteiger partial charge >= 0.3 is 0 Å². The van der Waals surface area contributed by atoms with Gasteiger partial charge in [-0.3, -0.25) is 24.4 Å². The van der Waals surface area contributed by atoms with Gasteiger partial charge in [-0.2, -0.15) is 0 Å². The summed E-state index contributed by atoms with van der Waals surface area (Å²) in [5.74, 6) is -1.34. The van der Waals surface area contributed by atoms with E-state index in [1.165, 1.54) is 33.7 Å². The number of rotatable bonds is 3. The number of anilines is 1. The molecule has 2 aromatic rings. The van der Waals surface area contributed by atoms with Gasteiger partial charge in [0.1, 0.15) is 14.9 Å². The zero-order chi connectivity index (χ0) is 22.8. The van der Waals surface area contributed by atoms with Gasteiger partial charge in [-0.25, -0.2) is 4.39 Å². The molecular formula is C23H21FN4O2S2. The molecule has 2 amide bonds. The minimum absolute atomic E-state index is 0.245. The summed E-state index contributed by atoms with van der Waals surface area (Å²) in [5, 5.41) is 0. The third-order valence-electron chi connectivity index (χ3n) is 6.83. The molecule has 3 atom stereocenters. The molecule has 9 heteroatoms. The van der Waals surface area contributed by atoms with E-state index in [1.807, 2.05) is 24.1 Å². The molecule has 3 aliphatic heterocycles. The Bertz CT molecular complexity index is 1180. The fourth-order valence-electron chi connectivity index (χ4n) is 5.55. The first-order chi connectivity index (χ1) is 15.3. The van der Waals surface area contributed by atoms with Gasteiger partial charge in [-0.1, -0.05) is 30.1 Å². The van der Waals surface area contributed by atoms with Crippen molar-refractivity contribution in [2.24, 2.45) is 0 Å². The summed E-state index contributed by atoms with van der Waals surface area (Å²) >= 11 is 6.87. The zero-order valence-electron chi connectivity index (χ0n) is 17.6. The fraction of sp³-hybridized carbons (Fsp3) is 0.304. The number of fused-ring (bicyclic) bond motifs is 3. The number of carbonyl (C=O) groups is 2. The van der Waals surface area contributed by atoms with Crippen LogP contribution >= 0.6 is 24.0 Å². The van der Waals surface area contributed by atoms with Crippen LogP contribution < -0.4 is 4.90 Å². The van der Waals surface area contributed by atoms with Crippen LogP contribution in [0.15, 0.2) is 55.4 Å². The number of hydrogen-bond acceptors (Lipinski definition) is 6. The van der Waals surface area contributed by atoms with E-state index in [0.717, 1.165) is 5.56 Å². The van der Waals surface area contributed by atoms with Gasteiger partial charge in [0.2, 0.25) is 5.91 Å². The Morgan fingerprint density at radius 2 is 1.97 bits per heavy atom. The van der Waals surface area contributed by atoms with Crippen LogP contribution in [0.1, 0.15) is 17.0 Å². The van der Waals surface area contributed by atoms with Crippen LogP contribution in [-0.4, -0.2) is 62.9 Å². The molecule has 5 rings (SSSR count). The number of benzene rings is 1. The predicted octanol–water partition coefficient (Wildman–Crippen LogP) is 2.91. The van der Waals surface area contributed by atoms with Crippen LogP contribution in [0, 0.1) is 5.82 Å². The zero-order valence-corrected chi connectivity index (χ0v) is 19.3. The molecule has 0 bridgehead atoms. The van der Waals surface area contributed by atoms with E-state index < -0.39 is 16.1 Å². The van der Waals surface area contributed by atoms with Crippen LogP contribution in [0.2, 0.25) is 0 Å². The van der Waals surface area contributed by atoms with Gasteiger partial charge in [-0.05, 0) is 42.9 Å². The van der Waals surface area contributed by atoms with Gasteiger partial charge in [0.15, 0.2) is 5.54 Å². The summed E-state index contributed by atoms with van der Waals surface area (Å²) in [6.07, 6.45) is 4.97. The molecule has 3 aliphatic rings. The number of thiocarbonyl (C=S) groups is 1. The molecule has 3 unspecified atom stereocenters. The summed E-state index contributed by atoms with van der Waals surface area (Å²) in [5.41, 5.74) is 0.565. The summed E-state index contributed by atoms with van der Waals surface area (Å²) in [4.78, 5) is 37.3. The minimum Gasteiger partial charge on any atom is -0.313 e. The smallest absolute Gasteiger partial charge is 0.254 e. The van der Waals surface area contributed by atoms with Gasteiger partial charge in [0, 0.05) is 49.7 Å². The van der Waals surface area contributed by atoms with Crippen LogP contribution in [0.5, 0.6) is 0 Å². The highest BCUT2D eigenvalue weighted by molar-refractivity contribution is 8.25. The number of nitrogens with zero attached hydrogens (tertiary/aromatic N) is 4. The average molecular weight is 469 g/mol. The maximum atomic E-state index is 14.5. The third kappa shape index (κ3) is 2.39. The highest BCUT2D eigenvalue weighted by Gasteiger charge is 2.78. The molecule has 0 saturated carbocycles. The Morgan fingerprint density at radius 1 is 1.25 bits per heavy atom. The summed E-state index contributed by atoms with van der Waals surface area (Å²) in [7, 11) is 3.49. The van der Waals surface area contributed by atoms with E-state index in [4.69, 9.17) is 12.2 Å². The molecular weight excluding hydrogens is 447 g/mol. The Morgan fingerprint density at radius 3 is 2.66 bits per heavy atom. The van der Waals surface area contributed by atoms with Crippen LogP contribution in [0.25, 0.3) is 0 Å². The number of thioether (sulfide) groups is 1. The lowest BCUT2D eigenvalue weighted by atomic mass is 9.72. The number of carbonyl (C=O) groups excluding carboxylic acids is 2. The lowest BCUT2D eigenvalue weighted by Gasteiger charge is -2.42. The number of pyridine rings is 1. The first-order valence-electron chi connectivity index (χ1n) is 10.2. The Labute approximate surface area is 195 Å². The van der Waals surface area contributed by atoms with Crippen molar-refractivity contribution in [3.05, 3.63) is 72.3 Å². The van der Waals surface area contributed by atoms with E-state index >= 15 is 0 Å². The number of amides is 2. The van der Waals surface area contributed by atoms with Crippen LogP contribution in [0.3, 0.4) is 0 Å². The van der Waals surface area contributed by atoms with E-state index in [1.54, 1.807) is 31.6 Å².